The summed E-state index contributed by atoms with van der Waals surface area (Å²) in [5.74, 6) is 0.956. The van der Waals surface area contributed by atoms with E-state index in [0.717, 1.165) is 18.0 Å². The first-order valence-corrected chi connectivity index (χ1v) is 4.92. The first kappa shape index (κ1) is 9.05. The largest absolute Gasteiger partial charge is 0.298 e. The van der Waals surface area contributed by atoms with Crippen molar-refractivity contribution in [1.82, 2.24) is 4.90 Å². The van der Waals surface area contributed by atoms with E-state index in [1.54, 1.807) is 0 Å². The number of hydrogen-bond donors (Lipinski definition) is 0. The van der Waals surface area contributed by atoms with Gasteiger partial charge in [-0.1, -0.05) is 13.3 Å². The summed E-state index contributed by atoms with van der Waals surface area (Å²) in [4.78, 5) is 2.62. The molecule has 1 nitrogen and oxygen atoms in total. The van der Waals surface area contributed by atoms with E-state index in [1.807, 2.05) is 0 Å². The molecule has 1 aliphatic rings. The van der Waals surface area contributed by atoms with Crippen LogP contribution >= 0.6 is 0 Å². The Morgan fingerprint density at radius 1 is 1.45 bits per heavy atom. The van der Waals surface area contributed by atoms with Gasteiger partial charge in [-0.3, -0.25) is 4.90 Å². The molecule has 0 spiro atoms. The first-order chi connectivity index (χ1) is 5.16. The maximum atomic E-state index is 2.62. The molecule has 0 bridgehead atoms. The zero-order valence-corrected chi connectivity index (χ0v) is 8.30. The first-order valence-electron chi connectivity index (χ1n) is 4.92. The lowest BCUT2D eigenvalue weighted by atomic mass is 9.99. The molecule has 1 saturated heterocycles. The lowest BCUT2D eigenvalue weighted by Gasteiger charge is -2.27. The van der Waals surface area contributed by atoms with Crippen LogP contribution < -0.4 is 0 Å². The van der Waals surface area contributed by atoms with Crippen LogP contribution in [0.1, 0.15) is 40.5 Å². The van der Waals surface area contributed by atoms with Gasteiger partial charge in [-0.15, -0.1) is 0 Å². The highest BCUT2D eigenvalue weighted by molar-refractivity contribution is 4.84. The van der Waals surface area contributed by atoms with Gasteiger partial charge < -0.3 is 0 Å². The van der Waals surface area contributed by atoms with Gasteiger partial charge in [-0.25, -0.2) is 0 Å². The molecule has 11 heavy (non-hydrogen) atoms. The zero-order chi connectivity index (χ0) is 8.43. The summed E-state index contributed by atoms with van der Waals surface area (Å²) in [5, 5.41) is 0. The van der Waals surface area contributed by atoms with Crippen molar-refractivity contribution in [3.8, 4) is 0 Å². The van der Waals surface area contributed by atoms with Crippen molar-refractivity contribution >= 4 is 0 Å². The van der Waals surface area contributed by atoms with Gasteiger partial charge in [0.15, 0.2) is 0 Å². The summed E-state index contributed by atoms with van der Waals surface area (Å²) in [7, 11) is 0. The molecule has 2 atom stereocenters. The highest BCUT2D eigenvalue weighted by atomic mass is 15.2. The molecular formula is C10H21N. The van der Waals surface area contributed by atoms with Crippen molar-refractivity contribution in [2.45, 2.75) is 52.6 Å². The Morgan fingerprint density at radius 3 is 2.36 bits per heavy atom. The Labute approximate surface area is 70.8 Å². The fraction of sp³-hybridized carbons (Fsp3) is 1.00. The molecule has 0 aromatic carbocycles. The van der Waals surface area contributed by atoms with Crippen LogP contribution in [0.15, 0.2) is 0 Å². The Balaban J connectivity index is 2.48. The molecule has 0 aromatic heterocycles. The van der Waals surface area contributed by atoms with E-state index >= 15 is 0 Å². The minimum atomic E-state index is 0.738. The summed E-state index contributed by atoms with van der Waals surface area (Å²) >= 11 is 0. The van der Waals surface area contributed by atoms with E-state index in [4.69, 9.17) is 0 Å². The molecule has 0 saturated carbocycles. The molecule has 0 unspecified atom stereocenters. The SMILES string of the molecule is CC[C@@H]1CCN(C(C)C)[C@@H]1C. The maximum absolute atomic E-state index is 2.62. The van der Waals surface area contributed by atoms with Gasteiger partial charge in [0.2, 0.25) is 0 Å². The number of likely N-dealkylation sites (tertiary alicyclic amines) is 1. The van der Waals surface area contributed by atoms with E-state index < -0.39 is 0 Å². The zero-order valence-electron chi connectivity index (χ0n) is 8.30. The Bertz CT molecular complexity index is 120. The van der Waals surface area contributed by atoms with Crippen LogP contribution in [0.25, 0.3) is 0 Å². The molecule has 0 N–H and O–H groups in total. The van der Waals surface area contributed by atoms with Crippen LogP contribution in [0.5, 0.6) is 0 Å². The molecule has 0 amide bonds. The van der Waals surface area contributed by atoms with Crippen molar-refractivity contribution in [3.63, 3.8) is 0 Å². The van der Waals surface area contributed by atoms with Gasteiger partial charge in [-0.2, -0.15) is 0 Å². The summed E-state index contributed by atoms with van der Waals surface area (Å²) in [5.41, 5.74) is 0. The third-order valence-corrected chi connectivity index (χ3v) is 3.15. The van der Waals surface area contributed by atoms with Crippen LogP contribution in [0.4, 0.5) is 0 Å². The molecule has 1 heteroatoms. The Morgan fingerprint density at radius 2 is 2.09 bits per heavy atom. The van der Waals surface area contributed by atoms with Gasteiger partial charge in [0.25, 0.3) is 0 Å². The van der Waals surface area contributed by atoms with Crippen molar-refractivity contribution in [1.29, 1.82) is 0 Å². The number of hydrogen-bond acceptors (Lipinski definition) is 1. The third kappa shape index (κ3) is 1.76. The van der Waals surface area contributed by atoms with E-state index in [1.165, 1.54) is 19.4 Å². The average Bonchev–Trinajstić information content (AvgIpc) is 2.30. The van der Waals surface area contributed by atoms with Gasteiger partial charge in [0.1, 0.15) is 0 Å². The summed E-state index contributed by atoms with van der Waals surface area (Å²) in [6.45, 7) is 10.6. The van der Waals surface area contributed by atoms with Crippen LogP contribution in [-0.2, 0) is 0 Å². The van der Waals surface area contributed by atoms with E-state index in [9.17, 15) is 0 Å². The second-order valence-corrected chi connectivity index (χ2v) is 4.03. The molecule has 0 radical (unpaired) electrons. The third-order valence-electron chi connectivity index (χ3n) is 3.15. The molecule has 0 aliphatic carbocycles. The van der Waals surface area contributed by atoms with E-state index in [0.29, 0.717) is 0 Å². The number of nitrogens with zero attached hydrogens (tertiary/aromatic N) is 1. The summed E-state index contributed by atoms with van der Waals surface area (Å²) in [6, 6.07) is 1.56. The van der Waals surface area contributed by atoms with Crippen molar-refractivity contribution in [2.24, 2.45) is 5.92 Å². The monoisotopic (exact) mass is 155 g/mol. The number of rotatable bonds is 2. The highest BCUT2D eigenvalue weighted by Gasteiger charge is 2.30. The molecular weight excluding hydrogens is 134 g/mol. The van der Waals surface area contributed by atoms with Crippen LogP contribution in [-0.4, -0.2) is 23.5 Å². The van der Waals surface area contributed by atoms with E-state index in [-0.39, 0.29) is 0 Å². The minimum Gasteiger partial charge on any atom is -0.298 e. The topological polar surface area (TPSA) is 3.24 Å². The predicted molar refractivity (Wildman–Crippen MR) is 49.7 cm³/mol. The van der Waals surface area contributed by atoms with Crippen molar-refractivity contribution in [2.75, 3.05) is 6.54 Å². The normalized spacial score (nSPS) is 33.5. The summed E-state index contributed by atoms with van der Waals surface area (Å²) < 4.78 is 0. The molecule has 1 aliphatic heterocycles. The molecule has 66 valence electrons. The van der Waals surface area contributed by atoms with Gasteiger partial charge in [0, 0.05) is 12.1 Å². The Hall–Kier alpha value is -0.0400. The lowest BCUT2D eigenvalue weighted by molar-refractivity contribution is 0.194. The highest BCUT2D eigenvalue weighted by Crippen LogP contribution is 2.27. The minimum absolute atomic E-state index is 0.738. The van der Waals surface area contributed by atoms with Crippen LogP contribution in [0.3, 0.4) is 0 Å². The van der Waals surface area contributed by atoms with Crippen LogP contribution in [0, 0.1) is 5.92 Å². The Kier molecular flexibility index (Phi) is 2.94. The molecule has 1 rings (SSSR count). The van der Waals surface area contributed by atoms with Crippen molar-refractivity contribution < 1.29 is 0 Å². The fourth-order valence-corrected chi connectivity index (χ4v) is 2.30. The molecule has 0 aromatic rings. The van der Waals surface area contributed by atoms with Crippen molar-refractivity contribution in [3.05, 3.63) is 0 Å². The van der Waals surface area contributed by atoms with Gasteiger partial charge in [0.05, 0.1) is 0 Å². The second kappa shape index (κ2) is 3.57. The fourth-order valence-electron chi connectivity index (χ4n) is 2.30. The maximum Gasteiger partial charge on any atom is 0.00982 e. The smallest absolute Gasteiger partial charge is 0.00982 e. The van der Waals surface area contributed by atoms with E-state index in [2.05, 4.69) is 32.6 Å². The predicted octanol–water partition coefficient (Wildman–Crippen LogP) is 2.52. The quantitative estimate of drug-likeness (QED) is 0.592. The average molecular weight is 155 g/mol. The standard InChI is InChI=1S/C10H21N/c1-5-10-6-7-11(8(2)3)9(10)4/h8-10H,5-7H2,1-4H3/t9-,10-/m1/s1. The van der Waals surface area contributed by atoms with Gasteiger partial charge in [-0.05, 0) is 39.7 Å². The lowest BCUT2D eigenvalue weighted by Crippen LogP contribution is -2.35. The second-order valence-electron chi connectivity index (χ2n) is 4.03. The molecule has 1 fully saturated rings. The van der Waals surface area contributed by atoms with Crippen LogP contribution in [0.2, 0.25) is 0 Å². The molecule has 1 heterocycles. The summed E-state index contributed by atoms with van der Waals surface area (Å²) in [6.07, 6.45) is 2.76. The van der Waals surface area contributed by atoms with Gasteiger partial charge >= 0.3 is 0 Å².